The van der Waals surface area contributed by atoms with Crippen molar-refractivity contribution in [2.45, 2.75) is 32.7 Å². The van der Waals surface area contributed by atoms with Crippen LogP contribution in [0.4, 0.5) is 18.9 Å². The number of anilines is 1. The number of nitrogens with zero attached hydrogens (tertiary/aromatic N) is 2. The van der Waals surface area contributed by atoms with E-state index >= 15 is 0 Å². The Labute approximate surface area is 159 Å². The number of ether oxygens (including phenoxy) is 1. The first-order chi connectivity index (χ1) is 11.2. The molecule has 0 aliphatic rings. The molecule has 0 radical (unpaired) electrons. The molecule has 2 rings (SSSR count). The predicted molar refractivity (Wildman–Crippen MR) is 98.1 cm³/mol. The highest BCUT2D eigenvalue weighted by atomic mass is 127. The maximum atomic E-state index is 12.1. The quantitative estimate of drug-likeness (QED) is 0.388. The molecule has 0 aliphatic heterocycles. The number of aromatic nitrogens is 1. The number of alkyl halides is 3. The van der Waals surface area contributed by atoms with Crippen molar-refractivity contribution in [2.75, 3.05) is 5.32 Å². The van der Waals surface area contributed by atoms with Crippen molar-refractivity contribution < 1.29 is 22.4 Å². The Hall–Kier alpha value is -1.98. The summed E-state index contributed by atoms with van der Waals surface area (Å²) in [4.78, 5) is 4.08. The van der Waals surface area contributed by atoms with Gasteiger partial charge in [-0.15, -0.1) is 37.1 Å². The minimum absolute atomic E-state index is 0. The van der Waals surface area contributed by atoms with Crippen LogP contribution >= 0.6 is 24.0 Å². The summed E-state index contributed by atoms with van der Waals surface area (Å²) >= 11 is 0. The summed E-state index contributed by atoms with van der Waals surface area (Å²) in [6.45, 7) is 4.19. The van der Waals surface area contributed by atoms with Gasteiger partial charge in [-0.25, -0.2) is 4.99 Å². The lowest BCUT2D eigenvalue weighted by atomic mass is 10.1. The Balaban J connectivity index is 0.00000312. The summed E-state index contributed by atoms with van der Waals surface area (Å²) in [7, 11) is 0. The Kier molecular flexibility index (Phi) is 7.52. The monoisotopic (exact) mass is 470 g/mol. The van der Waals surface area contributed by atoms with E-state index in [0.717, 1.165) is 5.69 Å². The number of aliphatic imine (C=N–C) groups is 1. The number of nitrogens with two attached hydrogens (primary N) is 1. The lowest BCUT2D eigenvalue weighted by Crippen LogP contribution is -2.22. The molecular formula is C15H18F3IN4O2. The maximum absolute atomic E-state index is 12.1. The van der Waals surface area contributed by atoms with Crippen molar-refractivity contribution in [2.24, 2.45) is 10.7 Å². The summed E-state index contributed by atoms with van der Waals surface area (Å²) in [6.07, 6.45) is -4.72. The summed E-state index contributed by atoms with van der Waals surface area (Å²) < 4.78 is 45.1. The fourth-order valence-corrected chi connectivity index (χ4v) is 1.77. The van der Waals surface area contributed by atoms with Gasteiger partial charge < -0.3 is 20.3 Å². The lowest BCUT2D eigenvalue weighted by Gasteiger charge is -2.10. The Morgan fingerprint density at radius 2 is 1.96 bits per heavy atom. The molecule has 6 nitrogen and oxygen atoms in total. The van der Waals surface area contributed by atoms with E-state index in [4.69, 9.17) is 10.3 Å². The number of hydrogen-bond donors (Lipinski definition) is 2. The van der Waals surface area contributed by atoms with Crippen LogP contribution in [0.15, 0.2) is 39.8 Å². The molecule has 0 saturated heterocycles. The molecule has 25 heavy (non-hydrogen) atoms. The highest BCUT2D eigenvalue weighted by Gasteiger charge is 2.30. The maximum Gasteiger partial charge on any atom is 0.573 e. The molecular weight excluding hydrogens is 452 g/mol. The van der Waals surface area contributed by atoms with Crippen molar-refractivity contribution in [1.29, 1.82) is 0 Å². The molecule has 0 unspecified atom stereocenters. The van der Waals surface area contributed by atoms with Crippen molar-refractivity contribution >= 4 is 35.6 Å². The van der Waals surface area contributed by atoms with Crippen LogP contribution in [0.25, 0.3) is 0 Å². The van der Waals surface area contributed by atoms with Crippen LogP contribution in [-0.2, 0) is 6.54 Å². The molecule has 0 atom stereocenters. The van der Waals surface area contributed by atoms with Gasteiger partial charge in [0.25, 0.3) is 0 Å². The molecule has 0 saturated carbocycles. The number of hydrogen-bond acceptors (Lipinski definition) is 4. The van der Waals surface area contributed by atoms with E-state index < -0.39 is 6.36 Å². The van der Waals surface area contributed by atoms with Crippen molar-refractivity contribution in [3.8, 4) is 5.75 Å². The first kappa shape index (κ1) is 21.1. The van der Waals surface area contributed by atoms with E-state index in [2.05, 4.69) is 20.2 Å². The van der Waals surface area contributed by atoms with Crippen LogP contribution in [0, 0.1) is 0 Å². The molecule has 1 aromatic heterocycles. The first-order valence-corrected chi connectivity index (χ1v) is 7.11. The molecule has 0 spiro atoms. The predicted octanol–water partition coefficient (Wildman–Crippen LogP) is 4.24. The molecule has 0 aliphatic carbocycles. The van der Waals surface area contributed by atoms with Gasteiger partial charge in [0, 0.05) is 11.8 Å². The third-order valence-electron chi connectivity index (χ3n) is 2.93. The fourth-order valence-electron chi connectivity index (χ4n) is 1.77. The van der Waals surface area contributed by atoms with Gasteiger partial charge in [0.05, 0.1) is 5.69 Å². The summed E-state index contributed by atoms with van der Waals surface area (Å²) in [5.41, 5.74) is 7.03. The van der Waals surface area contributed by atoms with E-state index in [1.54, 1.807) is 6.07 Å². The molecule has 3 N–H and O–H groups in total. The minimum atomic E-state index is -4.72. The molecule has 2 aromatic rings. The van der Waals surface area contributed by atoms with Gasteiger partial charge >= 0.3 is 6.36 Å². The second-order valence-electron chi connectivity index (χ2n) is 5.27. The van der Waals surface area contributed by atoms with Gasteiger partial charge in [-0.05, 0) is 30.2 Å². The highest BCUT2D eigenvalue weighted by molar-refractivity contribution is 14.0. The lowest BCUT2D eigenvalue weighted by molar-refractivity contribution is -0.274. The van der Waals surface area contributed by atoms with Crippen LogP contribution in [-0.4, -0.2) is 17.5 Å². The van der Waals surface area contributed by atoms with E-state index in [1.165, 1.54) is 24.3 Å². The Bertz CT molecular complexity index is 700. The van der Waals surface area contributed by atoms with Crippen LogP contribution in [0.1, 0.15) is 31.2 Å². The molecule has 0 fully saturated rings. The number of halogens is 4. The zero-order valence-corrected chi connectivity index (χ0v) is 15.8. The van der Waals surface area contributed by atoms with Gasteiger partial charge in [0.2, 0.25) is 0 Å². The SMILES string of the molecule is CC(C)c1cc(CN=C(N)Nc2ccc(OC(F)(F)F)cc2)on1.I. The number of guanidine groups is 1. The average molecular weight is 470 g/mol. The summed E-state index contributed by atoms with van der Waals surface area (Å²) in [6, 6.07) is 6.94. The molecule has 1 aromatic carbocycles. The number of benzene rings is 1. The van der Waals surface area contributed by atoms with Crippen molar-refractivity contribution in [1.82, 2.24) is 5.16 Å². The topological polar surface area (TPSA) is 85.7 Å². The standard InChI is InChI=1S/C15H17F3N4O2.HI/c1-9(2)13-7-12(24-22-13)8-20-14(19)21-10-3-5-11(6-4-10)23-15(16,17)18;/h3-7,9H,8H2,1-2H3,(H3,19,20,21);1H. The average Bonchev–Trinajstić information content (AvgIpc) is 2.95. The van der Waals surface area contributed by atoms with Crippen LogP contribution < -0.4 is 15.8 Å². The molecule has 0 bridgehead atoms. The summed E-state index contributed by atoms with van der Waals surface area (Å²) in [5, 5.41) is 6.67. The largest absolute Gasteiger partial charge is 0.573 e. The molecule has 1 heterocycles. The van der Waals surface area contributed by atoms with Crippen LogP contribution in [0.3, 0.4) is 0 Å². The smallest absolute Gasteiger partial charge is 0.406 e. The summed E-state index contributed by atoms with van der Waals surface area (Å²) in [5.74, 6) is 0.602. The van der Waals surface area contributed by atoms with Gasteiger partial charge in [-0.1, -0.05) is 19.0 Å². The minimum Gasteiger partial charge on any atom is -0.406 e. The van der Waals surface area contributed by atoms with Crippen LogP contribution in [0.2, 0.25) is 0 Å². The third-order valence-corrected chi connectivity index (χ3v) is 2.93. The third kappa shape index (κ3) is 7.20. The van der Waals surface area contributed by atoms with Crippen LogP contribution in [0.5, 0.6) is 5.75 Å². The Morgan fingerprint density at radius 3 is 2.48 bits per heavy atom. The van der Waals surface area contributed by atoms with Gasteiger partial charge in [-0.3, -0.25) is 0 Å². The fraction of sp³-hybridized carbons (Fsp3) is 0.333. The molecule has 0 amide bonds. The first-order valence-electron chi connectivity index (χ1n) is 7.11. The van der Waals surface area contributed by atoms with Crippen molar-refractivity contribution in [3.05, 3.63) is 41.8 Å². The Morgan fingerprint density at radius 1 is 1.32 bits per heavy atom. The zero-order chi connectivity index (χ0) is 17.7. The van der Waals surface area contributed by atoms with E-state index in [1.807, 2.05) is 13.8 Å². The van der Waals surface area contributed by atoms with Gasteiger partial charge in [0.15, 0.2) is 11.7 Å². The normalized spacial score (nSPS) is 12.0. The molecule has 138 valence electrons. The van der Waals surface area contributed by atoms with E-state index in [-0.39, 0.29) is 48.1 Å². The second kappa shape index (κ2) is 8.92. The molecule has 10 heteroatoms. The van der Waals surface area contributed by atoms with E-state index in [0.29, 0.717) is 11.4 Å². The second-order valence-corrected chi connectivity index (χ2v) is 5.27. The highest BCUT2D eigenvalue weighted by Crippen LogP contribution is 2.23. The zero-order valence-electron chi connectivity index (χ0n) is 13.5. The van der Waals surface area contributed by atoms with Gasteiger partial charge in [0.1, 0.15) is 12.3 Å². The van der Waals surface area contributed by atoms with Gasteiger partial charge in [-0.2, -0.15) is 0 Å². The van der Waals surface area contributed by atoms with Crippen molar-refractivity contribution in [3.63, 3.8) is 0 Å². The number of rotatable bonds is 5. The van der Waals surface area contributed by atoms with E-state index in [9.17, 15) is 13.2 Å². The number of nitrogens with one attached hydrogen (secondary N) is 1.